The molecular weight excluding hydrogens is 202 g/mol. The van der Waals surface area contributed by atoms with Crippen LogP contribution in [-0.4, -0.2) is 25.3 Å². The first-order valence-corrected chi connectivity index (χ1v) is 4.96. The van der Waals surface area contributed by atoms with Gasteiger partial charge in [-0.05, 0) is 29.0 Å². The number of benzene rings is 1. The van der Waals surface area contributed by atoms with Crippen molar-refractivity contribution in [3.8, 4) is 11.3 Å². The van der Waals surface area contributed by atoms with Gasteiger partial charge < -0.3 is 0 Å². The predicted molar refractivity (Wildman–Crippen MR) is 58.8 cm³/mol. The van der Waals surface area contributed by atoms with E-state index < -0.39 is 0 Å². The molecule has 0 unspecified atom stereocenters. The predicted octanol–water partition coefficient (Wildman–Crippen LogP) is 1.49. The highest BCUT2D eigenvalue weighted by atomic mass is 15.6. The maximum Gasteiger partial charge on any atom is 0.202 e. The van der Waals surface area contributed by atoms with Gasteiger partial charge in [0.25, 0.3) is 0 Å². The van der Waals surface area contributed by atoms with Gasteiger partial charge in [0.2, 0.25) is 5.65 Å². The Bertz CT molecular complexity index is 629. The van der Waals surface area contributed by atoms with E-state index >= 15 is 0 Å². The summed E-state index contributed by atoms with van der Waals surface area (Å²) in [6.45, 7) is 1.97. The fraction of sp³-hybridized carbons (Fsp3) is 0.0909. The molecule has 0 bridgehead atoms. The lowest BCUT2D eigenvalue weighted by atomic mass is 10.1. The number of hydrogen-bond acceptors (Lipinski definition) is 4. The Labute approximate surface area is 91.7 Å². The summed E-state index contributed by atoms with van der Waals surface area (Å²) in [5, 5.41) is 15.6. The van der Waals surface area contributed by atoms with Crippen molar-refractivity contribution in [3.63, 3.8) is 0 Å². The van der Waals surface area contributed by atoms with Crippen LogP contribution in [0.15, 0.2) is 36.4 Å². The van der Waals surface area contributed by atoms with Gasteiger partial charge in [-0.15, -0.1) is 14.8 Å². The monoisotopic (exact) mass is 211 g/mol. The summed E-state index contributed by atoms with van der Waals surface area (Å²) in [6, 6.07) is 12.0. The summed E-state index contributed by atoms with van der Waals surface area (Å²) < 4.78 is 1.46. The summed E-state index contributed by atoms with van der Waals surface area (Å²) in [7, 11) is 0. The molecule has 3 rings (SSSR count). The molecule has 16 heavy (non-hydrogen) atoms. The lowest BCUT2D eigenvalue weighted by molar-refractivity contribution is 0.735. The van der Waals surface area contributed by atoms with Crippen LogP contribution in [0.25, 0.3) is 16.9 Å². The van der Waals surface area contributed by atoms with E-state index in [1.807, 2.05) is 43.3 Å². The molecule has 0 aliphatic carbocycles. The van der Waals surface area contributed by atoms with Crippen LogP contribution in [0.3, 0.4) is 0 Å². The second-order valence-corrected chi connectivity index (χ2v) is 3.57. The first-order valence-electron chi connectivity index (χ1n) is 4.96. The highest BCUT2D eigenvalue weighted by molar-refractivity contribution is 5.61. The van der Waals surface area contributed by atoms with Gasteiger partial charge in [0.1, 0.15) is 0 Å². The summed E-state index contributed by atoms with van der Waals surface area (Å²) in [4.78, 5) is 0. The van der Waals surface area contributed by atoms with E-state index in [1.165, 1.54) is 4.63 Å². The number of fused-ring (bicyclic) bond motifs is 1. The van der Waals surface area contributed by atoms with E-state index in [0.29, 0.717) is 5.65 Å². The molecule has 0 spiro atoms. The Kier molecular flexibility index (Phi) is 1.89. The third-order valence-corrected chi connectivity index (χ3v) is 2.43. The summed E-state index contributed by atoms with van der Waals surface area (Å²) in [6.07, 6.45) is 0. The first-order chi connectivity index (χ1) is 7.84. The highest BCUT2D eigenvalue weighted by Crippen LogP contribution is 2.18. The van der Waals surface area contributed by atoms with E-state index in [-0.39, 0.29) is 0 Å². The maximum atomic E-state index is 4.35. The number of aromatic nitrogens is 5. The van der Waals surface area contributed by atoms with Crippen LogP contribution in [0.1, 0.15) is 5.56 Å². The standard InChI is InChI=1S/C11H9N5/c1-8-7-10(9-5-3-2-4-6-9)13-16-11(8)12-14-15-16/h2-7H,1H3. The second kappa shape index (κ2) is 3.37. The minimum atomic E-state index is 0.694. The lowest BCUT2D eigenvalue weighted by Crippen LogP contribution is -1.98. The molecule has 0 radical (unpaired) electrons. The number of rotatable bonds is 1. The first kappa shape index (κ1) is 8.96. The van der Waals surface area contributed by atoms with Crippen molar-refractivity contribution in [2.45, 2.75) is 6.92 Å². The molecule has 5 heteroatoms. The van der Waals surface area contributed by atoms with Crippen molar-refractivity contribution in [1.29, 1.82) is 0 Å². The summed E-state index contributed by atoms with van der Waals surface area (Å²) >= 11 is 0. The molecule has 1 aromatic carbocycles. The quantitative estimate of drug-likeness (QED) is 0.612. The van der Waals surface area contributed by atoms with Crippen molar-refractivity contribution in [3.05, 3.63) is 42.0 Å². The minimum absolute atomic E-state index is 0.694. The van der Waals surface area contributed by atoms with Gasteiger partial charge in [-0.2, -0.15) is 0 Å². The molecular formula is C11H9N5. The second-order valence-electron chi connectivity index (χ2n) is 3.57. The zero-order chi connectivity index (χ0) is 11.0. The average molecular weight is 211 g/mol. The third kappa shape index (κ3) is 1.33. The Hall–Kier alpha value is -2.30. The minimum Gasteiger partial charge on any atom is -0.147 e. The van der Waals surface area contributed by atoms with Crippen LogP contribution >= 0.6 is 0 Å². The SMILES string of the molecule is Cc1cc(-c2ccccc2)nn2nnnc12. The molecule has 0 saturated carbocycles. The Morgan fingerprint density at radius 3 is 2.75 bits per heavy atom. The number of aryl methyl sites for hydroxylation is 1. The Morgan fingerprint density at radius 1 is 1.12 bits per heavy atom. The molecule has 0 amide bonds. The average Bonchev–Trinajstić information content (AvgIpc) is 2.79. The smallest absolute Gasteiger partial charge is 0.147 e. The van der Waals surface area contributed by atoms with Gasteiger partial charge in [0.05, 0.1) is 5.69 Å². The van der Waals surface area contributed by atoms with Gasteiger partial charge >= 0.3 is 0 Å². The van der Waals surface area contributed by atoms with Gasteiger partial charge in [0.15, 0.2) is 0 Å². The molecule has 0 N–H and O–H groups in total. The number of nitrogens with zero attached hydrogens (tertiary/aromatic N) is 5. The molecule has 0 aliphatic rings. The summed E-state index contributed by atoms with van der Waals surface area (Å²) in [5.41, 5.74) is 3.64. The summed E-state index contributed by atoms with van der Waals surface area (Å²) in [5.74, 6) is 0. The van der Waals surface area contributed by atoms with Crippen molar-refractivity contribution >= 4 is 5.65 Å². The zero-order valence-corrected chi connectivity index (χ0v) is 8.70. The van der Waals surface area contributed by atoms with E-state index in [1.54, 1.807) is 0 Å². The molecule has 0 atom stereocenters. The maximum absolute atomic E-state index is 4.35. The number of tetrazole rings is 1. The van der Waals surface area contributed by atoms with Crippen LogP contribution in [0.2, 0.25) is 0 Å². The Balaban J connectivity index is 2.25. The fourth-order valence-electron chi connectivity index (χ4n) is 1.64. The van der Waals surface area contributed by atoms with Crippen LogP contribution in [0.4, 0.5) is 0 Å². The van der Waals surface area contributed by atoms with Crippen molar-refractivity contribution in [1.82, 2.24) is 25.3 Å². The van der Waals surface area contributed by atoms with Gasteiger partial charge in [-0.3, -0.25) is 0 Å². The normalized spacial score (nSPS) is 10.8. The van der Waals surface area contributed by atoms with E-state index in [4.69, 9.17) is 0 Å². The zero-order valence-electron chi connectivity index (χ0n) is 8.70. The lowest BCUT2D eigenvalue weighted by Gasteiger charge is -2.01. The molecule has 0 saturated heterocycles. The van der Waals surface area contributed by atoms with Crippen LogP contribution in [-0.2, 0) is 0 Å². The molecule has 5 nitrogen and oxygen atoms in total. The molecule has 0 fully saturated rings. The van der Waals surface area contributed by atoms with Crippen LogP contribution in [0.5, 0.6) is 0 Å². The van der Waals surface area contributed by atoms with Crippen LogP contribution < -0.4 is 0 Å². The van der Waals surface area contributed by atoms with Crippen molar-refractivity contribution in [2.24, 2.45) is 0 Å². The molecule has 78 valence electrons. The largest absolute Gasteiger partial charge is 0.202 e. The van der Waals surface area contributed by atoms with Gasteiger partial charge in [-0.25, -0.2) is 0 Å². The Morgan fingerprint density at radius 2 is 1.94 bits per heavy atom. The van der Waals surface area contributed by atoms with Crippen molar-refractivity contribution < 1.29 is 0 Å². The molecule has 2 heterocycles. The fourth-order valence-corrected chi connectivity index (χ4v) is 1.64. The van der Waals surface area contributed by atoms with E-state index in [9.17, 15) is 0 Å². The highest BCUT2D eigenvalue weighted by Gasteiger charge is 2.06. The molecule has 3 aromatic rings. The van der Waals surface area contributed by atoms with Gasteiger partial charge in [-0.1, -0.05) is 30.3 Å². The van der Waals surface area contributed by atoms with E-state index in [2.05, 4.69) is 20.6 Å². The molecule has 2 aromatic heterocycles. The topological polar surface area (TPSA) is 56.0 Å². The third-order valence-electron chi connectivity index (χ3n) is 2.43. The van der Waals surface area contributed by atoms with Gasteiger partial charge in [0, 0.05) is 5.56 Å². The van der Waals surface area contributed by atoms with E-state index in [0.717, 1.165) is 16.8 Å². The molecule has 0 aliphatic heterocycles. The van der Waals surface area contributed by atoms with Crippen molar-refractivity contribution in [2.75, 3.05) is 0 Å². The van der Waals surface area contributed by atoms with Crippen LogP contribution in [0, 0.1) is 6.92 Å². The number of hydrogen-bond donors (Lipinski definition) is 0.